The first-order valence-corrected chi connectivity index (χ1v) is 8.31. The molecule has 0 unspecified atom stereocenters. The second-order valence-corrected chi connectivity index (χ2v) is 6.37. The third kappa shape index (κ3) is 3.65. The molecule has 0 saturated carbocycles. The van der Waals surface area contributed by atoms with Crippen LogP contribution in [0.3, 0.4) is 0 Å². The van der Waals surface area contributed by atoms with Crippen LogP contribution < -0.4 is 0 Å². The Morgan fingerprint density at radius 1 is 1.11 bits per heavy atom. The van der Waals surface area contributed by atoms with Crippen molar-refractivity contribution in [3.63, 3.8) is 0 Å². The van der Waals surface area contributed by atoms with Crippen molar-refractivity contribution in [3.05, 3.63) is 62.3 Å². The number of hydrogen-bond acceptors (Lipinski definition) is 1. The summed E-state index contributed by atoms with van der Waals surface area (Å²) in [7, 11) is 0. The molecule has 2 aromatic rings. The van der Waals surface area contributed by atoms with Gasteiger partial charge in [-0.3, -0.25) is 0 Å². The first-order chi connectivity index (χ1) is 9.01. The van der Waals surface area contributed by atoms with Crippen LogP contribution in [0.4, 0.5) is 8.78 Å². The maximum absolute atomic E-state index is 13.3. The molecule has 0 aliphatic heterocycles. The predicted octanol–water partition coefficient (Wildman–Crippen LogP) is 4.60. The third-order valence-electron chi connectivity index (χ3n) is 2.64. The van der Waals surface area contributed by atoms with E-state index in [0.717, 1.165) is 16.2 Å². The molecule has 0 aliphatic rings. The van der Waals surface area contributed by atoms with Gasteiger partial charge in [0.2, 0.25) is 0 Å². The molecule has 19 heavy (non-hydrogen) atoms. The van der Waals surface area contributed by atoms with Gasteiger partial charge in [0.15, 0.2) is 0 Å². The van der Waals surface area contributed by atoms with E-state index in [1.54, 1.807) is 6.07 Å². The van der Waals surface area contributed by atoms with Crippen LogP contribution in [0.25, 0.3) is 0 Å². The number of rotatable bonds is 3. The van der Waals surface area contributed by atoms with Gasteiger partial charge in [0.25, 0.3) is 0 Å². The van der Waals surface area contributed by atoms with Crippen molar-refractivity contribution in [2.24, 2.45) is 0 Å². The Balaban J connectivity index is 2.52. The molecule has 2 radical (unpaired) electrons. The molecule has 0 spiro atoms. The summed E-state index contributed by atoms with van der Waals surface area (Å²) in [4.78, 5) is 4.39. The Hall–Kier alpha value is -0.252. The summed E-state index contributed by atoms with van der Waals surface area (Å²) in [6.45, 7) is 0. The molecule has 1 heterocycles. The van der Waals surface area contributed by atoms with Crippen LogP contribution in [-0.2, 0) is 0 Å². The number of aromatic nitrogens is 1. The zero-order chi connectivity index (χ0) is 14.0. The summed E-state index contributed by atoms with van der Waals surface area (Å²) >= 11 is 9.17. The van der Waals surface area contributed by atoms with Crippen LogP contribution in [-0.4, -0.2) is 21.8 Å². The molecular formula is C13H8AsBr2F2N. The van der Waals surface area contributed by atoms with E-state index < -0.39 is 11.6 Å². The fourth-order valence-electron chi connectivity index (χ4n) is 1.80. The van der Waals surface area contributed by atoms with E-state index in [2.05, 4.69) is 53.7 Å². The molecule has 1 nitrogen and oxygen atoms in total. The SMILES string of the molecule is Fc1cc(F)cc([C@H](C[As])c2nc(Br)ccc2Br)c1. The molecule has 0 N–H and O–H groups in total. The van der Waals surface area contributed by atoms with Crippen molar-refractivity contribution in [1.29, 1.82) is 0 Å². The van der Waals surface area contributed by atoms with Gasteiger partial charge < -0.3 is 0 Å². The van der Waals surface area contributed by atoms with Crippen molar-refractivity contribution < 1.29 is 8.78 Å². The molecule has 0 amide bonds. The zero-order valence-corrected chi connectivity index (χ0v) is 14.6. The van der Waals surface area contributed by atoms with Crippen molar-refractivity contribution in [2.75, 3.05) is 0 Å². The van der Waals surface area contributed by atoms with Gasteiger partial charge in [0, 0.05) is 0 Å². The predicted molar refractivity (Wildman–Crippen MR) is 78.4 cm³/mol. The average Bonchev–Trinajstić information content (AvgIpc) is 2.33. The van der Waals surface area contributed by atoms with E-state index >= 15 is 0 Å². The number of benzene rings is 1. The van der Waals surface area contributed by atoms with Crippen molar-refractivity contribution in [2.45, 2.75) is 11.1 Å². The summed E-state index contributed by atoms with van der Waals surface area (Å²) in [6, 6.07) is 7.22. The quantitative estimate of drug-likeness (QED) is 0.492. The van der Waals surface area contributed by atoms with Crippen molar-refractivity contribution >= 4 is 48.7 Å². The van der Waals surface area contributed by atoms with Crippen LogP contribution in [0.5, 0.6) is 0 Å². The van der Waals surface area contributed by atoms with Crippen LogP contribution >= 0.6 is 31.9 Å². The molecule has 98 valence electrons. The van der Waals surface area contributed by atoms with E-state index in [4.69, 9.17) is 0 Å². The average molecular weight is 451 g/mol. The van der Waals surface area contributed by atoms with Gasteiger partial charge >= 0.3 is 136 Å². The molecule has 1 aromatic carbocycles. The standard InChI is InChI=1S/C13H8AsBr2F2N/c14-6-10(7-3-8(17)5-9(18)4-7)13-11(15)1-2-12(16)19-13/h1-5,10H,6H2/t10-/m0/s1. The molecule has 1 atom stereocenters. The Labute approximate surface area is 135 Å². The first-order valence-electron chi connectivity index (χ1n) is 5.40. The molecule has 0 aliphatic carbocycles. The minimum absolute atomic E-state index is 0.183. The maximum atomic E-state index is 13.3. The van der Waals surface area contributed by atoms with Crippen LogP contribution in [0.1, 0.15) is 17.2 Å². The Morgan fingerprint density at radius 2 is 1.74 bits per heavy atom. The van der Waals surface area contributed by atoms with E-state index in [1.165, 1.54) is 12.1 Å². The van der Waals surface area contributed by atoms with Crippen LogP contribution in [0.15, 0.2) is 39.4 Å². The van der Waals surface area contributed by atoms with E-state index in [9.17, 15) is 8.78 Å². The third-order valence-corrected chi connectivity index (χ3v) is 4.52. The number of pyridine rings is 1. The second-order valence-electron chi connectivity index (χ2n) is 3.94. The van der Waals surface area contributed by atoms with Gasteiger partial charge in [-0.15, -0.1) is 0 Å². The topological polar surface area (TPSA) is 12.9 Å². The molecule has 1 aromatic heterocycles. The van der Waals surface area contributed by atoms with E-state index in [1.807, 2.05) is 6.07 Å². The number of halogens is 4. The fraction of sp³-hybridized carbons (Fsp3) is 0.154. The van der Waals surface area contributed by atoms with E-state index in [-0.39, 0.29) is 5.92 Å². The zero-order valence-electron chi connectivity index (χ0n) is 9.58. The van der Waals surface area contributed by atoms with Crippen LogP contribution in [0.2, 0.25) is 5.21 Å². The number of hydrogen-bond donors (Lipinski definition) is 0. The molecule has 0 fully saturated rings. The van der Waals surface area contributed by atoms with Crippen LogP contribution in [0, 0.1) is 11.6 Å². The Bertz CT molecular complexity index is 587. The summed E-state index contributed by atoms with van der Waals surface area (Å²) < 4.78 is 28.2. The summed E-state index contributed by atoms with van der Waals surface area (Å²) in [5.74, 6) is -1.34. The Morgan fingerprint density at radius 3 is 2.32 bits per heavy atom. The first kappa shape index (κ1) is 15.1. The van der Waals surface area contributed by atoms with Gasteiger partial charge in [-0.2, -0.15) is 0 Å². The second kappa shape index (κ2) is 6.47. The number of nitrogens with zero attached hydrogens (tertiary/aromatic N) is 1. The molecular weight excluding hydrogens is 443 g/mol. The molecule has 2 rings (SSSR count). The van der Waals surface area contributed by atoms with Gasteiger partial charge in [-0.05, 0) is 0 Å². The molecule has 0 bridgehead atoms. The van der Waals surface area contributed by atoms with Crippen molar-refractivity contribution in [1.82, 2.24) is 4.98 Å². The summed E-state index contributed by atoms with van der Waals surface area (Å²) in [5.41, 5.74) is 1.32. The normalized spacial score (nSPS) is 12.5. The van der Waals surface area contributed by atoms with Gasteiger partial charge in [0.05, 0.1) is 0 Å². The fourth-order valence-corrected chi connectivity index (χ4v) is 3.43. The van der Waals surface area contributed by atoms with Gasteiger partial charge in [-0.1, -0.05) is 0 Å². The summed E-state index contributed by atoms with van der Waals surface area (Å²) in [6.07, 6.45) is 0. The van der Waals surface area contributed by atoms with E-state index in [0.29, 0.717) is 15.4 Å². The monoisotopic (exact) mass is 449 g/mol. The summed E-state index contributed by atoms with van der Waals surface area (Å²) in [5, 5.41) is 0.637. The van der Waals surface area contributed by atoms with Crippen molar-refractivity contribution in [3.8, 4) is 0 Å². The van der Waals surface area contributed by atoms with Gasteiger partial charge in [0.1, 0.15) is 0 Å². The minimum atomic E-state index is -0.577. The molecule has 0 saturated heterocycles. The molecule has 6 heteroatoms. The Kier molecular flexibility index (Phi) is 5.15. The van der Waals surface area contributed by atoms with Gasteiger partial charge in [-0.25, -0.2) is 0 Å².